The largest absolute Gasteiger partial charge is 0.444 e. The van der Waals surface area contributed by atoms with E-state index in [9.17, 15) is 32.4 Å². The van der Waals surface area contributed by atoms with Crippen LogP contribution in [0.25, 0.3) is 10.6 Å². The number of hydrogen-bond donors (Lipinski definition) is 4. The van der Waals surface area contributed by atoms with Crippen LogP contribution in [0.1, 0.15) is 89.0 Å². The first kappa shape index (κ1) is 37.4. The van der Waals surface area contributed by atoms with Crippen LogP contribution >= 0.6 is 11.3 Å². The molecule has 0 radical (unpaired) electrons. The van der Waals surface area contributed by atoms with E-state index in [0.717, 1.165) is 18.4 Å². The molecule has 1 aromatic heterocycles. The molecule has 5 amide bonds. The highest BCUT2D eigenvalue weighted by Gasteiger charge is 2.62. The number of fused-ring (bicyclic) bond motifs is 2. The van der Waals surface area contributed by atoms with Crippen molar-refractivity contribution in [3.05, 3.63) is 53.6 Å². The quantitative estimate of drug-likeness (QED) is 0.307. The van der Waals surface area contributed by atoms with E-state index in [1.165, 1.54) is 16.2 Å². The number of ether oxygens (including phenoxy) is 1. The summed E-state index contributed by atoms with van der Waals surface area (Å²) in [6.45, 7) is 5.09. The van der Waals surface area contributed by atoms with Crippen molar-refractivity contribution in [2.24, 2.45) is 5.92 Å². The lowest BCUT2D eigenvalue weighted by Crippen LogP contribution is -2.58. The third-order valence-corrected chi connectivity index (χ3v) is 12.4. The Balaban J connectivity index is 1.26. The lowest BCUT2D eigenvalue weighted by molar-refractivity contribution is -0.141. The van der Waals surface area contributed by atoms with Crippen molar-refractivity contribution in [2.75, 3.05) is 6.54 Å². The number of nitrogens with one attached hydrogen (secondary N) is 4. The maximum atomic E-state index is 14.3. The summed E-state index contributed by atoms with van der Waals surface area (Å²) in [5.74, 6) is -2.92. The Labute approximate surface area is 307 Å². The number of thiazole rings is 1. The molecule has 0 spiro atoms. The molecule has 2 aliphatic heterocycles. The molecule has 6 rings (SSSR count). The summed E-state index contributed by atoms with van der Waals surface area (Å²) in [6, 6.07) is 6.58. The molecule has 2 aromatic rings. The number of carbonyl (C=O) groups excluding carboxylic acids is 5. The van der Waals surface area contributed by atoms with Gasteiger partial charge in [-0.3, -0.25) is 23.9 Å². The number of hydrogen-bond acceptors (Lipinski definition) is 10. The molecule has 2 aliphatic carbocycles. The summed E-state index contributed by atoms with van der Waals surface area (Å²) in [5, 5.41) is 10.1. The third kappa shape index (κ3) is 8.82. The molecule has 1 aromatic carbocycles. The number of allylic oxidation sites excluding steroid dienone is 1. The van der Waals surface area contributed by atoms with Gasteiger partial charge in [0.2, 0.25) is 21.8 Å². The number of amides is 5. The summed E-state index contributed by atoms with van der Waals surface area (Å²) >= 11 is 1.32. The van der Waals surface area contributed by atoms with Gasteiger partial charge >= 0.3 is 6.09 Å². The van der Waals surface area contributed by atoms with Crippen LogP contribution in [-0.2, 0) is 29.1 Å². The Kier molecular flexibility index (Phi) is 10.8. The van der Waals surface area contributed by atoms with Crippen LogP contribution in [0.3, 0.4) is 0 Å². The minimum atomic E-state index is -3.90. The van der Waals surface area contributed by atoms with Gasteiger partial charge in [0.05, 0.1) is 5.25 Å². The van der Waals surface area contributed by atoms with Gasteiger partial charge < -0.3 is 25.6 Å². The molecule has 280 valence electrons. The molecule has 2 saturated carbocycles. The first-order valence-corrected chi connectivity index (χ1v) is 20.2. The number of aromatic nitrogens is 1. The van der Waals surface area contributed by atoms with Crippen LogP contribution in [0.2, 0.25) is 0 Å². The standard InChI is InChI=1S/C36H46N6O8S2/c1-35(2,3)50-34(47)39-26-15-11-6-4-5-10-14-23-19-36(23,33(46)41-52(48,49)25-16-17-25)40-30(44)28-18-24(20-42(28)32(26)45)37-29(43)27-21-51-31(38-27)22-12-8-7-9-13-22/h7-10,12-14,21,23-26,28H,4-6,11,15-20H2,1-3H3,(H,37,43)(H,39,47)(H,40,44)(H,41,46)/b14-10-/t23-,24-,26+,28+,36-/m1/s1. The maximum Gasteiger partial charge on any atom is 0.408 e. The van der Waals surface area contributed by atoms with Crippen molar-refractivity contribution in [3.63, 3.8) is 0 Å². The van der Waals surface area contributed by atoms with E-state index in [0.29, 0.717) is 37.1 Å². The Hall–Kier alpha value is -4.31. The average Bonchev–Trinajstić information content (AvgIpc) is 3.95. The van der Waals surface area contributed by atoms with Gasteiger partial charge in [-0.05, 0) is 65.7 Å². The van der Waals surface area contributed by atoms with Crippen molar-refractivity contribution in [3.8, 4) is 10.6 Å². The Bertz CT molecular complexity index is 1840. The van der Waals surface area contributed by atoms with Crippen LogP contribution < -0.4 is 20.7 Å². The Morgan fingerprint density at radius 3 is 2.50 bits per heavy atom. The fraction of sp³-hybridized carbons (Fsp3) is 0.556. The van der Waals surface area contributed by atoms with E-state index in [2.05, 4.69) is 25.7 Å². The van der Waals surface area contributed by atoms with Gasteiger partial charge in [0.1, 0.15) is 33.9 Å². The Morgan fingerprint density at radius 1 is 1.04 bits per heavy atom. The zero-order valence-electron chi connectivity index (χ0n) is 29.6. The van der Waals surface area contributed by atoms with E-state index < -0.39 is 80.2 Å². The highest BCUT2D eigenvalue weighted by molar-refractivity contribution is 7.91. The highest BCUT2D eigenvalue weighted by Crippen LogP contribution is 2.46. The fourth-order valence-electron chi connectivity index (χ4n) is 6.71. The first-order chi connectivity index (χ1) is 24.6. The second-order valence-corrected chi connectivity index (χ2v) is 17.8. The number of benzene rings is 1. The molecule has 4 aliphatic rings. The lowest BCUT2D eigenvalue weighted by Gasteiger charge is -2.30. The van der Waals surface area contributed by atoms with Gasteiger partial charge in [-0.2, -0.15) is 0 Å². The molecule has 14 nitrogen and oxygen atoms in total. The van der Waals surface area contributed by atoms with Gasteiger partial charge in [0.15, 0.2) is 0 Å². The molecular formula is C36H46N6O8S2. The molecular weight excluding hydrogens is 709 g/mol. The number of carbonyl (C=O) groups is 5. The lowest BCUT2D eigenvalue weighted by atomic mass is 10.0. The number of rotatable bonds is 7. The van der Waals surface area contributed by atoms with Crippen molar-refractivity contribution >= 4 is 51.1 Å². The predicted molar refractivity (Wildman–Crippen MR) is 193 cm³/mol. The summed E-state index contributed by atoms with van der Waals surface area (Å²) in [4.78, 5) is 74.3. The van der Waals surface area contributed by atoms with E-state index in [-0.39, 0.29) is 25.1 Å². The second-order valence-electron chi connectivity index (χ2n) is 15.0. The molecule has 4 N–H and O–H groups in total. The summed E-state index contributed by atoms with van der Waals surface area (Å²) in [7, 11) is -3.90. The normalized spacial score (nSPS) is 27.5. The molecule has 1 saturated heterocycles. The Morgan fingerprint density at radius 2 is 1.79 bits per heavy atom. The van der Waals surface area contributed by atoms with Crippen molar-refractivity contribution in [2.45, 2.75) is 113 Å². The predicted octanol–water partition coefficient (Wildman–Crippen LogP) is 3.41. The smallest absolute Gasteiger partial charge is 0.408 e. The summed E-state index contributed by atoms with van der Waals surface area (Å²) in [5.41, 5.74) is -1.29. The van der Waals surface area contributed by atoms with E-state index in [4.69, 9.17) is 4.74 Å². The highest BCUT2D eigenvalue weighted by atomic mass is 32.2. The van der Waals surface area contributed by atoms with Crippen LogP contribution in [0.15, 0.2) is 47.9 Å². The van der Waals surface area contributed by atoms with Crippen LogP contribution in [0.5, 0.6) is 0 Å². The van der Waals surface area contributed by atoms with Gasteiger partial charge in [0.25, 0.3) is 11.8 Å². The molecule has 52 heavy (non-hydrogen) atoms. The summed E-state index contributed by atoms with van der Waals surface area (Å²) in [6.07, 6.45) is 7.23. The SMILES string of the molecule is CC(C)(C)OC(=O)N[C@H]1CCCCC/C=C\[C@@H]2C[C@@]2(C(=O)NS(=O)(=O)C2CC2)NC(=O)[C@@H]2C[C@@H](NC(=O)c3csc(-c4ccccc4)n3)CN2C1=O. The number of nitrogens with zero attached hydrogens (tertiary/aromatic N) is 2. The van der Waals surface area contributed by atoms with Gasteiger partial charge in [0, 0.05) is 29.4 Å². The average molecular weight is 755 g/mol. The van der Waals surface area contributed by atoms with Gasteiger partial charge in [-0.15, -0.1) is 11.3 Å². The van der Waals surface area contributed by atoms with Crippen LogP contribution in [-0.4, -0.2) is 89.1 Å². The molecule has 0 bridgehead atoms. The minimum Gasteiger partial charge on any atom is -0.444 e. The van der Waals surface area contributed by atoms with Crippen LogP contribution in [0, 0.1) is 5.92 Å². The van der Waals surface area contributed by atoms with E-state index in [1.807, 2.05) is 42.5 Å². The summed E-state index contributed by atoms with van der Waals surface area (Å²) < 4.78 is 33.2. The van der Waals surface area contributed by atoms with Crippen LogP contribution in [0.4, 0.5) is 4.79 Å². The molecule has 3 fully saturated rings. The van der Waals surface area contributed by atoms with Gasteiger partial charge in [-0.25, -0.2) is 18.2 Å². The minimum absolute atomic E-state index is 0.0106. The topological polar surface area (TPSA) is 193 Å². The second kappa shape index (κ2) is 15.0. The number of alkyl carbamates (subject to hydrolysis) is 1. The van der Waals surface area contributed by atoms with Gasteiger partial charge in [-0.1, -0.05) is 55.3 Å². The van der Waals surface area contributed by atoms with Crippen molar-refractivity contribution < 1.29 is 37.1 Å². The molecule has 0 unspecified atom stereocenters. The van der Waals surface area contributed by atoms with Crippen molar-refractivity contribution in [1.29, 1.82) is 0 Å². The molecule has 3 heterocycles. The zero-order valence-corrected chi connectivity index (χ0v) is 31.2. The molecule has 16 heteroatoms. The molecule has 5 atom stereocenters. The zero-order chi connectivity index (χ0) is 37.3. The third-order valence-electron chi connectivity index (χ3n) is 9.66. The van der Waals surface area contributed by atoms with E-state index >= 15 is 0 Å². The fourth-order valence-corrected chi connectivity index (χ4v) is 8.88. The number of sulfonamides is 1. The van der Waals surface area contributed by atoms with E-state index in [1.54, 1.807) is 26.2 Å². The maximum absolute atomic E-state index is 14.3. The monoisotopic (exact) mass is 754 g/mol. The van der Waals surface area contributed by atoms with Crippen molar-refractivity contribution in [1.82, 2.24) is 30.6 Å². The first-order valence-electron chi connectivity index (χ1n) is 17.8.